The summed E-state index contributed by atoms with van der Waals surface area (Å²) in [6, 6.07) is 8.47. The van der Waals surface area contributed by atoms with Gasteiger partial charge in [-0.25, -0.2) is 0 Å². The van der Waals surface area contributed by atoms with Crippen molar-refractivity contribution in [3.05, 3.63) is 46.7 Å². The third-order valence-corrected chi connectivity index (χ3v) is 10.00. The highest BCUT2D eigenvalue weighted by molar-refractivity contribution is 8.00. The maximum absolute atomic E-state index is 14.4. The first-order valence-electron chi connectivity index (χ1n) is 11.0. The smallest absolute Gasteiger partial charge is 0.358 e. The molecule has 0 amide bonds. The van der Waals surface area contributed by atoms with E-state index in [9.17, 15) is 31.6 Å². The van der Waals surface area contributed by atoms with Gasteiger partial charge in [0.05, 0.1) is 11.6 Å². The van der Waals surface area contributed by atoms with Gasteiger partial charge in [-0.1, -0.05) is 52.0 Å². The number of nitriles is 1. The number of halogens is 6. The fourth-order valence-electron chi connectivity index (χ4n) is 6.42. The van der Waals surface area contributed by atoms with Crippen molar-refractivity contribution in [2.45, 2.75) is 75.3 Å². The molecule has 1 spiro atoms. The fraction of sp³-hybridized carbons (Fsp3) is 0.625. The Labute approximate surface area is 199 Å². The van der Waals surface area contributed by atoms with Crippen LogP contribution in [0, 0.1) is 16.7 Å². The Balaban J connectivity index is 2.10. The maximum Gasteiger partial charge on any atom is 0.416 e. The van der Waals surface area contributed by atoms with Gasteiger partial charge in [0.2, 0.25) is 0 Å². The number of hydrogen-bond acceptors (Lipinski definition) is 4. The molecule has 0 saturated carbocycles. The van der Waals surface area contributed by atoms with Gasteiger partial charge in [-0.05, 0) is 18.1 Å². The molecule has 186 valence electrons. The lowest BCUT2D eigenvalue weighted by molar-refractivity contribution is -0.208. The first-order chi connectivity index (χ1) is 15.5. The largest absolute Gasteiger partial charge is 0.416 e. The zero-order valence-corrected chi connectivity index (χ0v) is 20.3. The lowest BCUT2D eigenvalue weighted by atomic mass is 9.70. The molecule has 1 fully saturated rings. The van der Waals surface area contributed by atoms with E-state index < -0.39 is 56.7 Å². The zero-order chi connectivity index (χ0) is 25.5. The van der Waals surface area contributed by atoms with Gasteiger partial charge < -0.3 is 9.64 Å². The van der Waals surface area contributed by atoms with E-state index in [1.807, 2.05) is 52.0 Å². The van der Waals surface area contributed by atoms with Crippen molar-refractivity contribution in [1.29, 1.82) is 5.26 Å². The summed E-state index contributed by atoms with van der Waals surface area (Å²) in [5.74, 6) is -1.07. The molecule has 0 radical (unpaired) electrons. The fourth-order valence-corrected chi connectivity index (χ4v) is 8.53. The predicted molar refractivity (Wildman–Crippen MR) is 117 cm³/mol. The summed E-state index contributed by atoms with van der Waals surface area (Å²) in [4.78, 5) is 0.159. The highest BCUT2D eigenvalue weighted by Gasteiger charge is 2.75. The van der Waals surface area contributed by atoms with E-state index in [0.29, 0.717) is 0 Å². The summed E-state index contributed by atoms with van der Waals surface area (Å²) >= 11 is 0.797. The minimum Gasteiger partial charge on any atom is -0.358 e. The second-order valence-corrected chi connectivity index (χ2v) is 11.2. The van der Waals surface area contributed by atoms with Crippen LogP contribution in [0.2, 0.25) is 0 Å². The quantitative estimate of drug-likeness (QED) is 0.422. The number of rotatable bonds is 2. The van der Waals surface area contributed by atoms with Crippen molar-refractivity contribution >= 4 is 11.8 Å². The number of alkyl halides is 6. The Morgan fingerprint density at radius 3 is 2.00 bits per heavy atom. The zero-order valence-electron chi connectivity index (χ0n) is 19.5. The maximum atomic E-state index is 14.4. The molecule has 0 bridgehead atoms. The van der Waals surface area contributed by atoms with Crippen molar-refractivity contribution in [2.75, 3.05) is 12.4 Å². The average Bonchev–Trinajstić information content (AvgIpc) is 2.79. The predicted octanol–water partition coefficient (Wildman–Crippen LogP) is 6.66. The van der Waals surface area contributed by atoms with E-state index in [0.717, 1.165) is 29.0 Å². The number of thioether (sulfide) groups is 1. The second-order valence-electron chi connectivity index (χ2n) is 10.0. The van der Waals surface area contributed by atoms with Crippen LogP contribution < -0.4 is 0 Å². The highest BCUT2D eigenvalue weighted by atomic mass is 32.2. The molecule has 2 atom stereocenters. The molecule has 2 aliphatic heterocycles. The summed E-state index contributed by atoms with van der Waals surface area (Å²) < 4.78 is 92.4. The number of nitrogens with zero attached hydrogens (tertiary/aromatic N) is 2. The number of ether oxygens (including phenoxy) is 1. The molecule has 0 N–H and O–H groups in total. The summed E-state index contributed by atoms with van der Waals surface area (Å²) in [6.45, 7) is 9.30. The summed E-state index contributed by atoms with van der Waals surface area (Å²) in [7, 11) is 0. The lowest BCUT2D eigenvalue weighted by Gasteiger charge is -2.63. The number of hydrogen-bond donors (Lipinski definition) is 0. The van der Waals surface area contributed by atoms with Crippen LogP contribution in [0.15, 0.2) is 35.5 Å². The van der Waals surface area contributed by atoms with Gasteiger partial charge in [0.15, 0.2) is 5.41 Å². The molecular formula is C24H26F6N2OS. The Morgan fingerprint density at radius 2 is 1.59 bits per heavy atom. The summed E-state index contributed by atoms with van der Waals surface area (Å²) in [5.41, 5.74) is -6.01. The van der Waals surface area contributed by atoms with Gasteiger partial charge >= 0.3 is 12.4 Å². The van der Waals surface area contributed by atoms with E-state index in [4.69, 9.17) is 4.74 Å². The molecule has 1 aliphatic carbocycles. The normalized spacial score (nSPS) is 29.2. The Morgan fingerprint density at radius 1 is 1.06 bits per heavy atom. The van der Waals surface area contributed by atoms with Crippen molar-refractivity contribution in [2.24, 2.45) is 5.41 Å². The topological polar surface area (TPSA) is 36.3 Å². The first kappa shape index (κ1) is 25.2. The van der Waals surface area contributed by atoms with Crippen molar-refractivity contribution < 1.29 is 31.1 Å². The lowest BCUT2D eigenvalue weighted by Crippen LogP contribution is -2.69. The minimum atomic E-state index is -5.42. The standard InChI is InChI=1S/C24H26F6N2OS/c1-6-33-17-11-16-18(22(25,26)27)21(12-31,24(28,29)30)13-34-23(32(16)17)19(2,3)14-9-7-8-10-15(14)20(23,4)5/h7-10,17H,6,11,13H2,1-5H3/t17-,21-/m0/s1. The van der Waals surface area contributed by atoms with Crippen LogP contribution in [-0.2, 0) is 15.6 Å². The Bertz CT molecular complexity index is 1050. The van der Waals surface area contributed by atoms with Gasteiger partial charge in [0.25, 0.3) is 0 Å². The van der Waals surface area contributed by atoms with Gasteiger partial charge in [0, 0.05) is 35.3 Å². The average molecular weight is 505 g/mol. The van der Waals surface area contributed by atoms with Crippen molar-refractivity contribution in [3.63, 3.8) is 0 Å². The molecule has 1 saturated heterocycles. The van der Waals surface area contributed by atoms with Gasteiger partial charge in [-0.2, -0.15) is 31.6 Å². The van der Waals surface area contributed by atoms with Gasteiger partial charge in [-0.3, -0.25) is 0 Å². The van der Waals surface area contributed by atoms with Crippen LogP contribution in [0.3, 0.4) is 0 Å². The van der Waals surface area contributed by atoms with Crippen LogP contribution in [0.25, 0.3) is 0 Å². The van der Waals surface area contributed by atoms with Crippen LogP contribution >= 0.6 is 11.8 Å². The van der Waals surface area contributed by atoms with Gasteiger partial charge in [-0.15, -0.1) is 11.8 Å². The second kappa shape index (κ2) is 7.33. The van der Waals surface area contributed by atoms with E-state index in [1.165, 1.54) is 4.90 Å². The van der Waals surface area contributed by atoms with Gasteiger partial charge in [0.1, 0.15) is 11.1 Å². The van der Waals surface area contributed by atoms with Crippen LogP contribution in [-0.4, -0.2) is 40.7 Å². The van der Waals surface area contributed by atoms with Crippen LogP contribution in [0.4, 0.5) is 26.3 Å². The molecule has 34 heavy (non-hydrogen) atoms. The minimum absolute atomic E-state index is 0.188. The molecule has 0 unspecified atom stereocenters. The van der Waals surface area contributed by atoms with Crippen molar-refractivity contribution in [1.82, 2.24) is 4.90 Å². The Kier molecular flexibility index (Phi) is 5.44. The number of benzene rings is 1. The molecule has 1 aromatic rings. The molecule has 3 nitrogen and oxygen atoms in total. The van der Waals surface area contributed by atoms with E-state index >= 15 is 0 Å². The monoisotopic (exact) mass is 504 g/mol. The third-order valence-electron chi connectivity index (χ3n) is 7.78. The highest BCUT2D eigenvalue weighted by Crippen LogP contribution is 2.71. The molecule has 1 aromatic carbocycles. The van der Waals surface area contributed by atoms with E-state index in [1.54, 1.807) is 6.92 Å². The third kappa shape index (κ3) is 2.83. The number of allylic oxidation sites excluding steroid dienone is 1. The summed E-state index contributed by atoms with van der Waals surface area (Å²) in [6.07, 6.45) is -11.9. The summed E-state index contributed by atoms with van der Waals surface area (Å²) in [5, 5.41) is 9.73. The molecule has 0 aromatic heterocycles. The molecule has 2 heterocycles. The first-order valence-corrected chi connectivity index (χ1v) is 12.0. The molecule has 4 rings (SSSR count). The Hall–Kier alpha value is -1.86. The van der Waals surface area contributed by atoms with Crippen LogP contribution in [0.1, 0.15) is 52.2 Å². The van der Waals surface area contributed by atoms with E-state index in [2.05, 4.69) is 0 Å². The molecule has 3 aliphatic rings. The van der Waals surface area contributed by atoms with Crippen LogP contribution in [0.5, 0.6) is 0 Å². The molecular weight excluding hydrogens is 478 g/mol. The van der Waals surface area contributed by atoms with E-state index in [-0.39, 0.29) is 13.0 Å². The molecule has 10 heteroatoms. The van der Waals surface area contributed by atoms with Crippen molar-refractivity contribution in [3.8, 4) is 6.07 Å². The number of fused-ring (bicyclic) bond motifs is 3. The SMILES string of the molecule is CCO[C@H]1CC2=C(C(F)(F)F)[C@@](C#N)(C(F)(F)F)CSC3(N21)C(C)(C)c1ccccc1C3(C)C.